The fourth-order valence-electron chi connectivity index (χ4n) is 4.53. The fraction of sp³-hybridized carbons (Fsp3) is 0.111. The first-order valence-corrected chi connectivity index (χ1v) is 10.0. The van der Waals surface area contributed by atoms with Crippen molar-refractivity contribution in [2.45, 2.75) is 19.3 Å². The van der Waals surface area contributed by atoms with Crippen molar-refractivity contribution >= 4 is 11.6 Å². The van der Waals surface area contributed by atoms with Gasteiger partial charge in [0.1, 0.15) is 0 Å². The maximum Gasteiger partial charge on any atom is 0.0490 e. The highest BCUT2D eigenvalue weighted by molar-refractivity contribution is 6.34. The predicted molar refractivity (Wildman–Crippen MR) is 120 cm³/mol. The van der Waals surface area contributed by atoms with E-state index in [1.807, 2.05) is 18.2 Å². The third-order valence-corrected chi connectivity index (χ3v) is 6.29. The summed E-state index contributed by atoms with van der Waals surface area (Å²) in [4.78, 5) is 0. The van der Waals surface area contributed by atoms with Crippen molar-refractivity contribution in [3.63, 3.8) is 0 Å². The minimum absolute atomic E-state index is 0.00653. The summed E-state index contributed by atoms with van der Waals surface area (Å²) in [7, 11) is 0. The number of halogens is 1. The van der Waals surface area contributed by atoms with Gasteiger partial charge in [-0.05, 0) is 51.1 Å². The molecule has 0 saturated carbocycles. The van der Waals surface area contributed by atoms with Crippen LogP contribution in [0.25, 0.3) is 33.4 Å². The van der Waals surface area contributed by atoms with Crippen LogP contribution in [0.3, 0.4) is 0 Å². The Balaban J connectivity index is 1.73. The van der Waals surface area contributed by atoms with Crippen LogP contribution in [0, 0.1) is 0 Å². The predicted octanol–water partition coefficient (Wildman–Crippen LogP) is 7.98. The van der Waals surface area contributed by atoms with Crippen LogP contribution < -0.4 is 0 Å². The summed E-state index contributed by atoms with van der Waals surface area (Å²) in [6.07, 6.45) is 0. The molecule has 0 aromatic heterocycles. The second kappa shape index (κ2) is 6.36. The molecule has 4 aromatic carbocycles. The molecular weight excluding hydrogens is 360 g/mol. The first-order valence-electron chi connectivity index (χ1n) is 9.66. The average Bonchev–Trinajstić information content (AvgIpc) is 2.96. The zero-order valence-corrected chi connectivity index (χ0v) is 16.8. The van der Waals surface area contributed by atoms with Gasteiger partial charge in [-0.1, -0.05) is 104 Å². The second-order valence-corrected chi connectivity index (χ2v) is 8.37. The van der Waals surface area contributed by atoms with Crippen LogP contribution in [0.5, 0.6) is 0 Å². The Labute approximate surface area is 171 Å². The van der Waals surface area contributed by atoms with E-state index in [9.17, 15) is 0 Å². The normalized spacial score (nSPS) is 13.8. The van der Waals surface area contributed by atoms with Crippen molar-refractivity contribution in [3.05, 3.63) is 107 Å². The van der Waals surface area contributed by atoms with Gasteiger partial charge in [0.25, 0.3) is 0 Å². The number of fused-ring (bicyclic) bond motifs is 3. The van der Waals surface area contributed by atoms with Crippen molar-refractivity contribution in [2.24, 2.45) is 0 Å². The summed E-state index contributed by atoms with van der Waals surface area (Å²) in [6.45, 7) is 4.63. The van der Waals surface area contributed by atoms with Gasteiger partial charge < -0.3 is 0 Å². The van der Waals surface area contributed by atoms with Gasteiger partial charge in [-0.2, -0.15) is 0 Å². The third-order valence-electron chi connectivity index (χ3n) is 5.97. The van der Waals surface area contributed by atoms with E-state index in [2.05, 4.69) is 86.6 Å². The van der Waals surface area contributed by atoms with Crippen LogP contribution in [0.1, 0.15) is 25.0 Å². The van der Waals surface area contributed by atoms with Gasteiger partial charge in [0.2, 0.25) is 0 Å². The Morgan fingerprint density at radius 1 is 0.571 bits per heavy atom. The highest BCUT2D eigenvalue weighted by Crippen LogP contribution is 2.50. The minimum atomic E-state index is -0.00653. The molecule has 0 bridgehead atoms. The molecule has 1 aliphatic carbocycles. The van der Waals surface area contributed by atoms with Crippen molar-refractivity contribution in [2.75, 3.05) is 0 Å². The van der Waals surface area contributed by atoms with E-state index in [4.69, 9.17) is 11.6 Å². The molecule has 0 unspecified atom stereocenters. The summed E-state index contributed by atoms with van der Waals surface area (Å²) < 4.78 is 0. The Morgan fingerprint density at radius 2 is 1.25 bits per heavy atom. The van der Waals surface area contributed by atoms with E-state index < -0.39 is 0 Å². The van der Waals surface area contributed by atoms with Crippen LogP contribution >= 0.6 is 11.6 Å². The second-order valence-electron chi connectivity index (χ2n) is 7.96. The Bertz CT molecular complexity index is 1190. The maximum absolute atomic E-state index is 6.66. The van der Waals surface area contributed by atoms with Gasteiger partial charge in [0.05, 0.1) is 0 Å². The van der Waals surface area contributed by atoms with Crippen LogP contribution in [0.4, 0.5) is 0 Å². The molecule has 0 amide bonds. The average molecular weight is 381 g/mol. The highest BCUT2D eigenvalue weighted by atomic mass is 35.5. The topological polar surface area (TPSA) is 0 Å². The molecule has 5 rings (SSSR count). The lowest BCUT2D eigenvalue weighted by Gasteiger charge is -2.22. The van der Waals surface area contributed by atoms with Gasteiger partial charge in [0, 0.05) is 16.0 Å². The lowest BCUT2D eigenvalue weighted by molar-refractivity contribution is 0.660. The van der Waals surface area contributed by atoms with Crippen molar-refractivity contribution in [1.29, 1.82) is 0 Å². The summed E-state index contributed by atoms with van der Waals surface area (Å²) in [5.41, 5.74) is 10.1. The number of hydrogen-bond donors (Lipinski definition) is 0. The molecule has 0 saturated heterocycles. The zero-order valence-electron chi connectivity index (χ0n) is 16.0. The summed E-state index contributed by atoms with van der Waals surface area (Å²) in [5, 5.41) is 0.784. The van der Waals surface area contributed by atoms with Gasteiger partial charge in [-0.15, -0.1) is 0 Å². The molecule has 4 aromatic rings. The largest absolute Gasteiger partial charge is 0.0836 e. The van der Waals surface area contributed by atoms with E-state index in [-0.39, 0.29) is 5.41 Å². The van der Waals surface area contributed by atoms with Gasteiger partial charge in [-0.3, -0.25) is 0 Å². The first-order chi connectivity index (χ1) is 13.6. The van der Waals surface area contributed by atoms with Crippen LogP contribution in [0.15, 0.2) is 91.0 Å². The first kappa shape index (κ1) is 17.3. The number of benzene rings is 4. The van der Waals surface area contributed by atoms with E-state index in [1.54, 1.807) is 0 Å². The molecular formula is C27H21Cl. The number of hydrogen-bond acceptors (Lipinski definition) is 0. The SMILES string of the molecule is CC1(C)c2ccccc2-c2ccc(-c3cccc(Cl)c3-c3ccccc3)cc21. The minimum Gasteiger partial charge on any atom is -0.0836 e. The lowest BCUT2D eigenvalue weighted by Crippen LogP contribution is -2.14. The molecule has 0 heterocycles. The number of rotatable bonds is 2. The summed E-state index contributed by atoms with van der Waals surface area (Å²) in [5.74, 6) is 0. The smallest absolute Gasteiger partial charge is 0.0490 e. The fourth-order valence-corrected chi connectivity index (χ4v) is 4.82. The highest BCUT2D eigenvalue weighted by Gasteiger charge is 2.35. The molecule has 0 nitrogen and oxygen atoms in total. The molecule has 0 atom stereocenters. The van der Waals surface area contributed by atoms with Gasteiger partial charge >= 0.3 is 0 Å². The lowest BCUT2D eigenvalue weighted by atomic mass is 9.81. The summed E-state index contributed by atoms with van der Waals surface area (Å²) >= 11 is 6.66. The van der Waals surface area contributed by atoms with Crippen molar-refractivity contribution < 1.29 is 0 Å². The molecule has 0 spiro atoms. The molecule has 0 fully saturated rings. The Morgan fingerprint density at radius 3 is 2.07 bits per heavy atom. The molecule has 0 aliphatic heterocycles. The maximum atomic E-state index is 6.66. The Kier molecular flexibility index (Phi) is 3.92. The van der Waals surface area contributed by atoms with Gasteiger partial charge in [-0.25, -0.2) is 0 Å². The van der Waals surface area contributed by atoms with E-state index >= 15 is 0 Å². The van der Waals surface area contributed by atoms with Gasteiger partial charge in [0.15, 0.2) is 0 Å². The molecule has 1 heteroatoms. The molecule has 136 valence electrons. The van der Waals surface area contributed by atoms with E-state index in [0.717, 1.165) is 16.1 Å². The van der Waals surface area contributed by atoms with Crippen molar-refractivity contribution in [3.8, 4) is 33.4 Å². The monoisotopic (exact) mass is 380 g/mol. The Hall–Kier alpha value is -2.83. The molecule has 0 N–H and O–H groups in total. The molecule has 0 radical (unpaired) electrons. The quantitative estimate of drug-likeness (QED) is 0.330. The van der Waals surface area contributed by atoms with Crippen LogP contribution in [-0.4, -0.2) is 0 Å². The summed E-state index contributed by atoms with van der Waals surface area (Å²) in [6, 6.07) is 32.2. The van der Waals surface area contributed by atoms with Crippen LogP contribution in [-0.2, 0) is 5.41 Å². The van der Waals surface area contributed by atoms with Crippen LogP contribution in [0.2, 0.25) is 5.02 Å². The molecule has 1 aliphatic rings. The van der Waals surface area contributed by atoms with Crippen molar-refractivity contribution in [1.82, 2.24) is 0 Å². The molecule has 28 heavy (non-hydrogen) atoms. The third kappa shape index (κ3) is 2.52. The van der Waals surface area contributed by atoms with E-state index in [1.165, 1.54) is 33.4 Å². The standard InChI is InChI=1S/C27H21Cl/c1-27(2)23-13-7-6-11-21(23)22-16-15-19(17-24(22)27)20-12-8-14-25(28)26(20)18-9-4-3-5-10-18/h3-17H,1-2H3. The zero-order chi connectivity index (χ0) is 19.3. The van der Waals surface area contributed by atoms with E-state index in [0.29, 0.717) is 0 Å².